The van der Waals surface area contributed by atoms with E-state index < -0.39 is 10.8 Å². The molecule has 2 N–H and O–H groups in total. The van der Waals surface area contributed by atoms with Crippen LogP contribution in [-0.2, 0) is 30.3 Å². The number of fused-ring (bicyclic) bond motifs is 2. The number of nitriles is 1. The summed E-state index contributed by atoms with van der Waals surface area (Å²) in [5, 5.41) is 22.4. The van der Waals surface area contributed by atoms with E-state index in [2.05, 4.69) is 16.3 Å². The topological polar surface area (TPSA) is 102 Å². The van der Waals surface area contributed by atoms with E-state index in [4.69, 9.17) is 15.2 Å². The van der Waals surface area contributed by atoms with Crippen LogP contribution in [-0.4, -0.2) is 37.2 Å². The maximum absolute atomic E-state index is 12.5. The fourth-order valence-electron chi connectivity index (χ4n) is 4.19. The number of hydrogen-bond acceptors (Lipinski definition) is 7. The normalized spacial score (nSPS) is 21.6. The zero-order chi connectivity index (χ0) is 19.3. The van der Waals surface area contributed by atoms with E-state index in [-0.39, 0.29) is 12.1 Å². The van der Waals surface area contributed by atoms with E-state index in [0.717, 1.165) is 30.5 Å². The first-order valence-electron chi connectivity index (χ1n) is 9.56. The largest absolute Gasteiger partial charge is 0.394 e. The highest BCUT2D eigenvalue weighted by Gasteiger charge is 2.39. The molecule has 0 spiro atoms. The number of nitrogens with zero attached hydrogens (tertiary/aromatic N) is 4. The highest BCUT2D eigenvalue weighted by Crippen LogP contribution is 2.39. The molecule has 1 atom stereocenters. The number of rotatable bonds is 4. The number of aliphatic hydroxyl groups is 1. The van der Waals surface area contributed by atoms with Gasteiger partial charge in [0.1, 0.15) is 10.7 Å². The molecule has 8 heteroatoms. The molecule has 28 heavy (non-hydrogen) atoms. The molecule has 2 aromatic rings. The molecule has 7 nitrogen and oxygen atoms in total. The Labute approximate surface area is 165 Å². The van der Waals surface area contributed by atoms with Gasteiger partial charge < -0.3 is 15.3 Å². The summed E-state index contributed by atoms with van der Waals surface area (Å²) >= 11 is 0. The van der Waals surface area contributed by atoms with Crippen LogP contribution in [0.5, 0.6) is 0 Å². The Bertz CT molecular complexity index is 1020. The summed E-state index contributed by atoms with van der Waals surface area (Å²) in [6, 6.07) is 7.94. The summed E-state index contributed by atoms with van der Waals surface area (Å²) in [4.78, 5) is 12.3. The van der Waals surface area contributed by atoms with E-state index in [9.17, 15) is 9.32 Å². The van der Waals surface area contributed by atoms with Crippen LogP contribution in [0.4, 0.5) is 11.8 Å². The number of aliphatic hydroxyl groups excluding tert-OH is 1. The van der Waals surface area contributed by atoms with Gasteiger partial charge in [0.25, 0.3) is 0 Å². The van der Waals surface area contributed by atoms with Gasteiger partial charge in [0.2, 0.25) is 5.95 Å². The molecule has 3 heterocycles. The number of anilines is 2. The molecule has 1 aliphatic carbocycles. The molecular formula is C20H21N5O2S. The van der Waals surface area contributed by atoms with Crippen molar-refractivity contribution in [2.75, 3.05) is 22.6 Å². The molecule has 0 saturated heterocycles. The Hall–Kier alpha value is -2.50. The molecule has 1 fully saturated rings. The minimum Gasteiger partial charge on any atom is -0.394 e. The number of aromatic nitrogens is 2. The second-order valence-electron chi connectivity index (χ2n) is 7.82. The second kappa shape index (κ2) is 6.54. The van der Waals surface area contributed by atoms with E-state index in [1.54, 1.807) is 0 Å². The Morgan fingerprint density at radius 1 is 1.29 bits per heavy atom. The predicted molar refractivity (Wildman–Crippen MR) is 105 cm³/mol. The van der Waals surface area contributed by atoms with Crippen molar-refractivity contribution in [1.29, 1.82) is 5.26 Å². The third kappa shape index (κ3) is 2.77. The molecular weight excluding hydrogens is 374 g/mol. The summed E-state index contributed by atoms with van der Waals surface area (Å²) in [7, 11) is -1.10. The summed E-state index contributed by atoms with van der Waals surface area (Å²) in [5.74, 6) is 1.79. The fraction of sp³-hybridized carbons (Fsp3) is 0.450. The van der Waals surface area contributed by atoms with Crippen LogP contribution in [0.3, 0.4) is 0 Å². The van der Waals surface area contributed by atoms with Crippen molar-refractivity contribution in [3.63, 3.8) is 0 Å². The summed E-state index contributed by atoms with van der Waals surface area (Å²) in [6.07, 6.45) is 3.52. The van der Waals surface area contributed by atoms with Gasteiger partial charge in [-0.25, -0.2) is 4.98 Å². The van der Waals surface area contributed by atoms with Crippen LogP contribution in [0.1, 0.15) is 41.6 Å². The molecule has 2 aliphatic heterocycles. The summed E-state index contributed by atoms with van der Waals surface area (Å²) in [5.41, 5.74) is 3.43. The molecule has 0 radical (unpaired) electrons. The van der Waals surface area contributed by atoms with Crippen molar-refractivity contribution in [2.45, 2.75) is 49.2 Å². The molecule has 3 aliphatic rings. The zero-order valence-electron chi connectivity index (χ0n) is 15.4. The fourth-order valence-corrected chi connectivity index (χ4v) is 5.50. The quantitative estimate of drug-likeness (QED) is 0.815. The lowest BCUT2D eigenvalue weighted by Crippen LogP contribution is -2.48. The summed E-state index contributed by atoms with van der Waals surface area (Å²) in [6.45, 7) is 1.38. The molecule has 1 aromatic heterocycles. The van der Waals surface area contributed by atoms with E-state index >= 15 is 0 Å². The van der Waals surface area contributed by atoms with Gasteiger partial charge in [0.05, 0.1) is 40.3 Å². The number of hydrogen-bond donors (Lipinski definition) is 2. The Kier molecular flexibility index (Phi) is 4.11. The first kappa shape index (κ1) is 17.6. The standard InChI is InChI=1S/C20H21N5O2S/c21-9-13-2-3-14-10-25(11-15(14)8-13)19-22-16-4-7-28(27)17(16)18(23-19)24-20(12-26)5-1-6-20/h2-3,8,26H,1,4-7,10-12H2,(H,22,23,24). The van der Waals surface area contributed by atoms with Crippen LogP contribution in [0.15, 0.2) is 23.1 Å². The minimum atomic E-state index is -1.10. The van der Waals surface area contributed by atoms with Gasteiger partial charge in [-0.2, -0.15) is 10.2 Å². The van der Waals surface area contributed by atoms with Crippen LogP contribution < -0.4 is 10.2 Å². The summed E-state index contributed by atoms with van der Waals surface area (Å²) < 4.78 is 12.5. The number of benzene rings is 1. The van der Waals surface area contributed by atoms with Gasteiger partial charge in [-0.3, -0.25) is 4.21 Å². The maximum Gasteiger partial charge on any atom is 0.228 e. The van der Waals surface area contributed by atoms with Crippen molar-refractivity contribution in [2.24, 2.45) is 0 Å². The predicted octanol–water partition coefficient (Wildman–Crippen LogP) is 1.86. The minimum absolute atomic E-state index is 0.0415. The third-order valence-corrected chi connectivity index (χ3v) is 7.47. The highest BCUT2D eigenvalue weighted by molar-refractivity contribution is 7.85. The van der Waals surface area contributed by atoms with E-state index in [1.165, 1.54) is 5.56 Å². The Morgan fingerprint density at radius 2 is 2.11 bits per heavy atom. The van der Waals surface area contributed by atoms with Gasteiger partial charge in [-0.15, -0.1) is 0 Å². The van der Waals surface area contributed by atoms with Crippen LogP contribution >= 0.6 is 0 Å². The average Bonchev–Trinajstić information content (AvgIpc) is 3.27. The van der Waals surface area contributed by atoms with Gasteiger partial charge in [0.15, 0.2) is 0 Å². The van der Waals surface area contributed by atoms with Gasteiger partial charge in [-0.05, 0) is 42.5 Å². The molecule has 1 aromatic carbocycles. The number of aryl methyl sites for hydroxylation is 1. The van der Waals surface area contributed by atoms with Crippen LogP contribution in [0.2, 0.25) is 0 Å². The lowest BCUT2D eigenvalue weighted by atomic mass is 9.77. The highest BCUT2D eigenvalue weighted by atomic mass is 32.2. The second-order valence-corrected chi connectivity index (χ2v) is 9.32. The monoisotopic (exact) mass is 395 g/mol. The van der Waals surface area contributed by atoms with Crippen molar-refractivity contribution in [3.05, 3.63) is 40.6 Å². The Balaban J connectivity index is 1.50. The van der Waals surface area contributed by atoms with E-state index in [1.807, 2.05) is 18.2 Å². The SMILES string of the molecule is N#Cc1ccc2c(c1)CN(c1nc3c(c(NC4(CO)CCC4)n1)S(=O)CC3)C2. The van der Waals surface area contributed by atoms with Gasteiger partial charge >= 0.3 is 0 Å². The first-order chi connectivity index (χ1) is 13.6. The molecule has 1 saturated carbocycles. The van der Waals surface area contributed by atoms with E-state index in [0.29, 0.717) is 47.5 Å². The maximum atomic E-state index is 12.5. The van der Waals surface area contributed by atoms with Crippen molar-refractivity contribution in [3.8, 4) is 6.07 Å². The lowest BCUT2D eigenvalue weighted by molar-refractivity contribution is 0.143. The molecule has 5 rings (SSSR count). The Morgan fingerprint density at radius 3 is 2.82 bits per heavy atom. The van der Waals surface area contributed by atoms with Gasteiger partial charge in [0, 0.05) is 25.3 Å². The molecule has 0 bridgehead atoms. The molecule has 0 amide bonds. The third-order valence-electron chi connectivity index (χ3n) is 6.01. The van der Waals surface area contributed by atoms with Gasteiger partial charge in [-0.1, -0.05) is 6.07 Å². The average molecular weight is 395 g/mol. The van der Waals surface area contributed by atoms with Crippen molar-refractivity contribution >= 4 is 22.6 Å². The zero-order valence-corrected chi connectivity index (χ0v) is 16.3. The van der Waals surface area contributed by atoms with Crippen molar-refractivity contribution < 1.29 is 9.32 Å². The first-order valence-corrected chi connectivity index (χ1v) is 10.9. The molecule has 1 unspecified atom stereocenters. The lowest BCUT2D eigenvalue weighted by Gasteiger charge is -2.41. The van der Waals surface area contributed by atoms with Crippen LogP contribution in [0, 0.1) is 11.3 Å². The molecule has 144 valence electrons. The number of nitrogens with one attached hydrogen (secondary N) is 1. The van der Waals surface area contributed by atoms with Crippen molar-refractivity contribution in [1.82, 2.24) is 9.97 Å². The smallest absolute Gasteiger partial charge is 0.228 e. The van der Waals surface area contributed by atoms with Crippen LogP contribution in [0.25, 0.3) is 0 Å².